The Kier molecular flexibility index (Phi) is 12.6. The Morgan fingerprint density at radius 1 is 1.08 bits per heavy atom. The van der Waals surface area contributed by atoms with Crippen LogP contribution in [-0.4, -0.2) is 113 Å². The van der Waals surface area contributed by atoms with Gasteiger partial charge in [0.25, 0.3) is 11.9 Å². The molecule has 6 rings (SSSR count). The summed E-state index contributed by atoms with van der Waals surface area (Å²) in [5, 5.41) is 5.62. The van der Waals surface area contributed by atoms with Gasteiger partial charge in [-0.25, -0.2) is 14.5 Å². The molecule has 320 valence electrons. The molecule has 59 heavy (non-hydrogen) atoms. The monoisotopic (exact) mass is 836 g/mol. The van der Waals surface area contributed by atoms with Gasteiger partial charge in [0.2, 0.25) is 17.7 Å². The van der Waals surface area contributed by atoms with Crippen LogP contribution in [-0.2, 0) is 29.3 Å². The van der Waals surface area contributed by atoms with Crippen molar-refractivity contribution in [2.75, 3.05) is 27.7 Å². The van der Waals surface area contributed by atoms with E-state index in [0.29, 0.717) is 30.7 Å². The molecule has 18 heteroatoms. The molecule has 0 bridgehead atoms. The van der Waals surface area contributed by atoms with Crippen LogP contribution in [0.15, 0.2) is 48.7 Å². The minimum Gasteiger partial charge on any atom is -0.481 e. The van der Waals surface area contributed by atoms with E-state index < -0.39 is 69.3 Å². The molecule has 2 aliphatic heterocycles. The van der Waals surface area contributed by atoms with Crippen molar-refractivity contribution >= 4 is 45.1 Å². The first-order valence-electron chi connectivity index (χ1n) is 20.0. The molecule has 0 unspecified atom stereocenters. The second-order valence-corrected chi connectivity index (χ2v) is 18.7. The van der Waals surface area contributed by atoms with Crippen LogP contribution < -0.4 is 24.8 Å². The zero-order valence-corrected chi connectivity index (χ0v) is 35.8. The summed E-state index contributed by atoms with van der Waals surface area (Å²) in [6.45, 7) is 9.13. The predicted octanol–water partition coefficient (Wildman–Crippen LogP) is 4.25. The molecule has 1 saturated heterocycles. The highest BCUT2D eigenvalue weighted by Crippen LogP contribution is 2.46. The van der Waals surface area contributed by atoms with Crippen molar-refractivity contribution in [1.82, 2.24) is 39.1 Å². The number of nitrogens with zero attached hydrogens (tertiary/aromatic N) is 5. The van der Waals surface area contributed by atoms with E-state index in [9.17, 15) is 27.6 Å². The zero-order chi connectivity index (χ0) is 42.9. The van der Waals surface area contributed by atoms with Gasteiger partial charge in [-0.1, -0.05) is 37.1 Å². The van der Waals surface area contributed by atoms with E-state index in [-0.39, 0.29) is 31.4 Å². The first-order chi connectivity index (χ1) is 27.8. The lowest BCUT2D eigenvalue weighted by atomic mass is 10.0. The van der Waals surface area contributed by atoms with E-state index in [1.807, 2.05) is 54.8 Å². The highest BCUT2D eigenvalue weighted by molar-refractivity contribution is 7.87. The van der Waals surface area contributed by atoms with Gasteiger partial charge in [-0.2, -0.15) is 17.7 Å². The summed E-state index contributed by atoms with van der Waals surface area (Å²) >= 11 is 0. The molecule has 2 fully saturated rings. The van der Waals surface area contributed by atoms with E-state index in [0.717, 1.165) is 33.8 Å². The highest BCUT2D eigenvalue weighted by atomic mass is 32.2. The number of rotatable bonds is 9. The lowest BCUT2D eigenvalue weighted by molar-refractivity contribution is -0.141. The van der Waals surface area contributed by atoms with Crippen molar-refractivity contribution < 1.29 is 41.8 Å². The highest BCUT2D eigenvalue weighted by Gasteiger charge is 2.62. The normalized spacial score (nSPS) is 24.7. The molecule has 0 radical (unpaired) electrons. The smallest absolute Gasteiger partial charge is 0.408 e. The minimum absolute atomic E-state index is 0.0154. The fraction of sp³-hybridized carbons (Fsp3) is 0.561. The average molecular weight is 837 g/mol. The van der Waals surface area contributed by atoms with Gasteiger partial charge in [0.1, 0.15) is 34.8 Å². The molecule has 0 spiro atoms. The molecular weight excluding hydrogens is 781 g/mol. The number of nitrogens with one attached hydrogen (secondary N) is 3. The maximum atomic E-state index is 14.6. The predicted molar refractivity (Wildman–Crippen MR) is 220 cm³/mol. The van der Waals surface area contributed by atoms with Gasteiger partial charge in [-0.3, -0.25) is 19.0 Å². The van der Waals surface area contributed by atoms with E-state index in [1.165, 1.54) is 19.0 Å². The number of imidazole rings is 1. The second kappa shape index (κ2) is 17.2. The number of pyridine rings is 1. The lowest BCUT2D eigenvalue weighted by Gasteiger charge is -2.30. The van der Waals surface area contributed by atoms with Crippen LogP contribution in [0.4, 0.5) is 4.79 Å². The Labute approximate surface area is 345 Å². The number of carbonyl (C=O) groups is 4. The largest absolute Gasteiger partial charge is 0.481 e. The maximum Gasteiger partial charge on any atom is 0.408 e. The maximum absolute atomic E-state index is 14.6. The van der Waals surface area contributed by atoms with Crippen LogP contribution in [0.2, 0.25) is 0 Å². The Bertz CT molecular complexity index is 2200. The van der Waals surface area contributed by atoms with Crippen molar-refractivity contribution in [3.63, 3.8) is 0 Å². The van der Waals surface area contributed by atoms with Crippen LogP contribution in [0.1, 0.15) is 85.6 Å². The van der Waals surface area contributed by atoms with Crippen LogP contribution in [0.5, 0.6) is 11.9 Å². The Morgan fingerprint density at radius 3 is 2.51 bits per heavy atom. The van der Waals surface area contributed by atoms with Crippen molar-refractivity contribution in [1.29, 1.82) is 0 Å². The second-order valence-electron chi connectivity index (χ2n) is 16.9. The number of hydrogen-bond donors (Lipinski definition) is 3. The van der Waals surface area contributed by atoms with Crippen LogP contribution in [0, 0.1) is 5.92 Å². The fourth-order valence-electron chi connectivity index (χ4n) is 7.64. The van der Waals surface area contributed by atoms with E-state index in [2.05, 4.69) is 20.3 Å². The van der Waals surface area contributed by atoms with Gasteiger partial charge in [0, 0.05) is 55.9 Å². The molecule has 1 saturated carbocycles. The van der Waals surface area contributed by atoms with E-state index in [4.69, 9.17) is 19.2 Å². The van der Waals surface area contributed by atoms with Crippen molar-refractivity contribution in [2.24, 2.45) is 5.92 Å². The number of alkyl carbamates (subject to hydrolysis) is 1. The number of amides is 4. The summed E-state index contributed by atoms with van der Waals surface area (Å²) in [7, 11) is -0.0509. The molecule has 4 heterocycles. The molecule has 4 amide bonds. The molecule has 1 aliphatic carbocycles. The number of benzene rings is 1. The number of methoxy groups -OCH3 is 1. The topological polar surface area (TPSA) is 203 Å². The average Bonchev–Trinajstić information content (AvgIpc) is 3.48. The minimum atomic E-state index is -4.19. The standard InChI is InChI=1S/C41H56N8O9S/c1-25(2)49-31-18-14-16-29(26-19-20-33(56-8)42-23-26)34(31)44-38(49)57-28-21-32-35(50)45-41(37(52)46-59(54,55)47(6)7)22-27(41)15-12-10-9-11-13-17-30(36(51)48(32)24-28)43-39(53)58-40(3,4)5/h12,14-16,18-20,23,25,27-28,30,32H,9-11,13,17,21-22,24H2,1-8H3,(H,43,53)(H,45,50)(H,46,52)/b15-12-/t27-,28-,30+,32+,41-/m1/s1. The molecule has 5 atom stereocenters. The molecule has 2 aromatic heterocycles. The first-order valence-corrected chi connectivity index (χ1v) is 21.5. The number of para-hydroxylation sites is 1. The Hall–Kier alpha value is -5.23. The van der Waals surface area contributed by atoms with Crippen molar-refractivity contribution in [3.05, 3.63) is 48.7 Å². The third-order valence-corrected chi connectivity index (χ3v) is 12.2. The molecule has 17 nitrogen and oxygen atoms in total. The van der Waals surface area contributed by atoms with Crippen LogP contribution in [0.3, 0.4) is 0 Å². The number of allylic oxidation sites excluding steroid dienone is 1. The van der Waals surface area contributed by atoms with Gasteiger partial charge in [-0.05, 0) is 72.4 Å². The zero-order valence-electron chi connectivity index (χ0n) is 35.0. The molecule has 3 N–H and O–H groups in total. The quantitative estimate of drug-likeness (QED) is 0.260. The molecule has 3 aromatic rings. The third-order valence-electron chi connectivity index (χ3n) is 10.8. The summed E-state index contributed by atoms with van der Waals surface area (Å²) in [6.07, 6.45) is 7.22. The van der Waals surface area contributed by atoms with Crippen LogP contribution in [0.25, 0.3) is 22.2 Å². The summed E-state index contributed by atoms with van der Waals surface area (Å²) in [5.74, 6) is -2.05. The summed E-state index contributed by atoms with van der Waals surface area (Å²) in [6, 6.07) is 7.47. The van der Waals surface area contributed by atoms with Crippen molar-refractivity contribution in [3.8, 4) is 23.0 Å². The van der Waals surface area contributed by atoms with Gasteiger partial charge in [-0.15, -0.1) is 0 Å². The number of carbonyl (C=O) groups excluding carboxylic acids is 4. The lowest BCUT2D eigenvalue weighted by Crippen LogP contribution is -2.58. The van der Waals surface area contributed by atoms with E-state index in [1.54, 1.807) is 40.1 Å². The number of aromatic nitrogens is 3. The van der Waals surface area contributed by atoms with Gasteiger partial charge >= 0.3 is 16.3 Å². The first kappa shape index (κ1) is 43.4. The molecular formula is C41H56N8O9S. The van der Waals surface area contributed by atoms with Gasteiger partial charge in [0.05, 0.1) is 19.2 Å². The number of hydrogen-bond acceptors (Lipinski definition) is 11. The van der Waals surface area contributed by atoms with E-state index >= 15 is 0 Å². The summed E-state index contributed by atoms with van der Waals surface area (Å²) in [4.78, 5) is 66.8. The van der Waals surface area contributed by atoms with Crippen LogP contribution >= 0.6 is 0 Å². The number of fused-ring (bicyclic) bond motifs is 3. The van der Waals surface area contributed by atoms with Crippen molar-refractivity contribution in [2.45, 2.75) is 115 Å². The third kappa shape index (κ3) is 9.64. The summed E-state index contributed by atoms with van der Waals surface area (Å²) < 4.78 is 47.9. The molecule has 3 aliphatic rings. The van der Waals surface area contributed by atoms with Gasteiger partial charge < -0.3 is 29.7 Å². The Morgan fingerprint density at radius 2 is 1.85 bits per heavy atom. The molecule has 1 aromatic carbocycles. The SMILES string of the molecule is COc1ccc(-c2cccc3c2nc(O[C@@H]2C[C@H]4C(=O)N[C@]5(C(=O)NS(=O)(=O)N(C)C)C[C@H]5/C=C\CCCCC[C@H](NC(=O)OC(C)(C)C)C(=O)N4C2)n3C(C)C)cn1. The fourth-order valence-corrected chi connectivity index (χ4v) is 8.23. The number of ether oxygens (including phenoxy) is 3. The summed E-state index contributed by atoms with van der Waals surface area (Å²) in [5.41, 5.74) is 0.713. The Balaban J connectivity index is 1.36. The van der Waals surface area contributed by atoms with Gasteiger partial charge in [0.15, 0.2) is 0 Å².